The highest BCUT2D eigenvalue weighted by Crippen LogP contribution is 2.36. The Bertz CT molecular complexity index is 1330. The number of ether oxygens (including phenoxy) is 1. The number of benzene rings is 2. The van der Waals surface area contributed by atoms with Gasteiger partial charge in [0.25, 0.3) is 0 Å². The van der Waals surface area contributed by atoms with Crippen LogP contribution in [0.1, 0.15) is 22.9 Å². The Morgan fingerprint density at radius 1 is 1.12 bits per heavy atom. The van der Waals surface area contributed by atoms with Crippen molar-refractivity contribution >= 4 is 28.2 Å². The average Bonchev–Trinajstić information content (AvgIpc) is 2.84. The van der Waals surface area contributed by atoms with Gasteiger partial charge in [-0.05, 0) is 48.9 Å². The lowest BCUT2D eigenvalue weighted by atomic mass is 9.98. The molecule has 9 heteroatoms. The van der Waals surface area contributed by atoms with Crippen LogP contribution in [0.4, 0.5) is 10.1 Å². The Labute approximate surface area is 194 Å². The number of rotatable bonds is 4. The van der Waals surface area contributed by atoms with E-state index in [4.69, 9.17) is 16.3 Å². The van der Waals surface area contributed by atoms with E-state index in [0.29, 0.717) is 41.1 Å². The highest BCUT2D eigenvalue weighted by atomic mass is 35.5. The fourth-order valence-electron chi connectivity index (χ4n) is 4.01. The van der Waals surface area contributed by atoms with E-state index in [9.17, 15) is 5.11 Å². The van der Waals surface area contributed by atoms with Crippen molar-refractivity contribution in [3.05, 3.63) is 76.6 Å². The first-order valence-corrected chi connectivity index (χ1v) is 10.9. The van der Waals surface area contributed by atoms with Gasteiger partial charge in [-0.2, -0.15) is 10.2 Å². The number of anilines is 1. The lowest BCUT2D eigenvalue weighted by Crippen LogP contribution is -2.36. The Balaban J connectivity index is 1.58. The summed E-state index contributed by atoms with van der Waals surface area (Å²) in [7, 11) is 0. The maximum absolute atomic E-state index is 15.1. The highest BCUT2D eigenvalue weighted by molar-refractivity contribution is 6.31. The number of aliphatic hydroxyl groups is 1. The molecule has 5 rings (SSSR count). The van der Waals surface area contributed by atoms with E-state index >= 15 is 4.39 Å². The van der Waals surface area contributed by atoms with E-state index < -0.39 is 11.9 Å². The molecule has 1 N–H and O–H groups in total. The summed E-state index contributed by atoms with van der Waals surface area (Å²) in [6.45, 7) is 4.82. The summed E-state index contributed by atoms with van der Waals surface area (Å²) in [5.74, 6) is -0.538. The number of fused-ring (bicyclic) bond motifs is 1. The second kappa shape index (κ2) is 8.97. The van der Waals surface area contributed by atoms with Crippen molar-refractivity contribution < 1.29 is 14.2 Å². The van der Waals surface area contributed by atoms with Crippen molar-refractivity contribution in [1.82, 2.24) is 20.2 Å². The van der Waals surface area contributed by atoms with Crippen molar-refractivity contribution in [2.75, 3.05) is 31.2 Å². The molecule has 168 valence electrons. The number of aliphatic hydroxyl groups excluding tert-OH is 1. The molecule has 0 spiro atoms. The highest BCUT2D eigenvalue weighted by Gasteiger charge is 2.21. The van der Waals surface area contributed by atoms with Gasteiger partial charge in [0.05, 0.1) is 36.3 Å². The van der Waals surface area contributed by atoms with E-state index in [0.717, 1.165) is 24.3 Å². The van der Waals surface area contributed by atoms with Gasteiger partial charge < -0.3 is 14.7 Å². The number of aryl methyl sites for hydroxylation is 1. The topological polar surface area (TPSA) is 84.3 Å². The Morgan fingerprint density at radius 3 is 2.73 bits per heavy atom. The summed E-state index contributed by atoms with van der Waals surface area (Å²) in [4.78, 5) is 11.0. The molecule has 1 aliphatic heterocycles. The van der Waals surface area contributed by atoms with Crippen LogP contribution < -0.4 is 4.90 Å². The molecule has 0 bridgehead atoms. The quantitative estimate of drug-likeness (QED) is 0.485. The van der Waals surface area contributed by atoms with Gasteiger partial charge in [0, 0.05) is 40.3 Å². The molecule has 1 unspecified atom stereocenters. The van der Waals surface area contributed by atoms with Crippen LogP contribution in [0, 0.1) is 12.7 Å². The van der Waals surface area contributed by atoms with Gasteiger partial charge in [-0.25, -0.2) is 14.4 Å². The molecule has 0 saturated carbocycles. The number of hydrogen-bond donors (Lipinski definition) is 1. The second-order valence-electron chi connectivity index (χ2n) is 7.94. The summed E-state index contributed by atoms with van der Waals surface area (Å²) >= 11 is 6.30. The van der Waals surface area contributed by atoms with Crippen LogP contribution >= 0.6 is 11.6 Å². The molecule has 1 saturated heterocycles. The zero-order valence-corrected chi connectivity index (χ0v) is 18.6. The molecule has 1 aliphatic rings. The maximum atomic E-state index is 15.1. The zero-order valence-electron chi connectivity index (χ0n) is 17.9. The van der Waals surface area contributed by atoms with Gasteiger partial charge in [0.2, 0.25) is 0 Å². The van der Waals surface area contributed by atoms with Crippen LogP contribution in [-0.2, 0) is 4.74 Å². The van der Waals surface area contributed by atoms with E-state index in [-0.39, 0.29) is 10.6 Å². The van der Waals surface area contributed by atoms with Crippen LogP contribution in [-0.4, -0.2) is 51.6 Å². The van der Waals surface area contributed by atoms with Gasteiger partial charge in [0.15, 0.2) is 0 Å². The standard InChI is InChI=1S/C24H21ClFN5O2/c1-14-8-22(30-29-12-14)24(32)17-10-18(20(26)11-19(17)25)23-16-3-2-15(9-21(16)27-13-28-23)31-4-6-33-7-5-31/h2-3,8-13,24,32H,4-7H2,1H3. The van der Waals surface area contributed by atoms with E-state index in [2.05, 4.69) is 25.1 Å². The molecular formula is C24H21ClFN5O2. The summed E-state index contributed by atoms with van der Waals surface area (Å²) in [5.41, 5.74) is 3.87. The number of hydrogen-bond acceptors (Lipinski definition) is 7. The molecule has 33 heavy (non-hydrogen) atoms. The molecule has 2 aromatic heterocycles. The molecule has 2 aromatic carbocycles. The molecule has 0 radical (unpaired) electrons. The van der Waals surface area contributed by atoms with E-state index in [1.165, 1.54) is 18.5 Å². The second-order valence-corrected chi connectivity index (χ2v) is 8.34. The lowest BCUT2D eigenvalue weighted by Gasteiger charge is -2.29. The summed E-state index contributed by atoms with van der Waals surface area (Å²) in [6, 6.07) is 10.3. The largest absolute Gasteiger partial charge is 0.382 e. The van der Waals surface area contributed by atoms with Crippen LogP contribution in [0.25, 0.3) is 22.2 Å². The van der Waals surface area contributed by atoms with E-state index in [1.54, 1.807) is 12.3 Å². The summed E-state index contributed by atoms with van der Waals surface area (Å²) in [5, 5.41) is 19.6. The number of nitrogens with zero attached hydrogens (tertiary/aromatic N) is 5. The van der Waals surface area contributed by atoms with Crippen molar-refractivity contribution in [3.63, 3.8) is 0 Å². The Kier molecular flexibility index (Phi) is 5.88. The van der Waals surface area contributed by atoms with Crippen LogP contribution in [0.3, 0.4) is 0 Å². The predicted octanol–water partition coefficient (Wildman–Crippen LogP) is 4.11. The van der Waals surface area contributed by atoms with Crippen LogP contribution in [0.5, 0.6) is 0 Å². The van der Waals surface area contributed by atoms with Crippen molar-refractivity contribution in [2.45, 2.75) is 13.0 Å². The lowest BCUT2D eigenvalue weighted by molar-refractivity contribution is 0.122. The number of aromatic nitrogens is 4. The van der Waals surface area contributed by atoms with Crippen molar-refractivity contribution in [3.8, 4) is 11.3 Å². The third-order valence-electron chi connectivity index (χ3n) is 5.72. The molecule has 3 heterocycles. The molecule has 7 nitrogen and oxygen atoms in total. The molecular weight excluding hydrogens is 445 g/mol. The SMILES string of the molecule is Cc1cnnc(C(O)c2cc(-c3ncnc4cc(N5CCOCC5)ccc34)c(F)cc2Cl)c1. The van der Waals surface area contributed by atoms with Crippen molar-refractivity contribution in [1.29, 1.82) is 0 Å². The first-order valence-electron chi connectivity index (χ1n) is 10.6. The minimum atomic E-state index is -1.16. The maximum Gasteiger partial charge on any atom is 0.134 e. The first kappa shape index (κ1) is 21.6. The molecule has 0 aliphatic carbocycles. The Morgan fingerprint density at radius 2 is 1.94 bits per heavy atom. The molecule has 1 atom stereocenters. The van der Waals surface area contributed by atoms with Gasteiger partial charge in [-0.15, -0.1) is 0 Å². The molecule has 1 fully saturated rings. The normalized spacial score (nSPS) is 15.1. The molecule has 4 aromatic rings. The predicted molar refractivity (Wildman–Crippen MR) is 124 cm³/mol. The zero-order chi connectivity index (χ0) is 22.9. The fourth-order valence-corrected chi connectivity index (χ4v) is 4.27. The summed E-state index contributed by atoms with van der Waals surface area (Å²) in [6.07, 6.45) is 1.84. The minimum Gasteiger partial charge on any atom is -0.382 e. The third kappa shape index (κ3) is 4.25. The van der Waals surface area contributed by atoms with Gasteiger partial charge in [-0.1, -0.05) is 11.6 Å². The summed E-state index contributed by atoms with van der Waals surface area (Å²) < 4.78 is 20.5. The van der Waals surface area contributed by atoms with Gasteiger partial charge in [0.1, 0.15) is 18.2 Å². The van der Waals surface area contributed by atoms with Crippen molar-refractivity contribution in [2.24, 2.45) is 0 Å². The van der Waals surface area contributed by atoms with Gasteiger partial charge >= 0.3 is 0 Å². The number of morpholine rings is 1. The minimum absolute atomic E-state index is 0.0972. The van der Waals surface area contributed by atoms with Crippen LogP contribution in [0.15, 0.2) is 48.9 Å². The van der Waals surface area contributed by atoms with Crippen LogP contribution in [0.2, 0.25) is 5.02 Å². The number of halogens is 2. The fraction of sp³-hybridized carbons (Fsp3) is 0.250. The first-order chi connectivity index (χ1) is 16.0. The average molecular weight is 466 g/mol. The third-order valence-corrected chi connectivity index (χ3v) is 6.05. The monoisotopic (exact) mass is 465 g/mol. The molecule has 0 amide bonds. The van der Waals surface area contributed by atoms with E-state index in [1.807, 2.05) is 25.1 Å². The Hall–Kier alpha value is -3.20. The van der Waals surface area contributed by atoms with Gasteiger partial charge in [-0.3, -0.25) is 0 Å². The smallest absolute Gasteiger partial charge is 0.134 e.